The van der Waals surface area contributed by atoms with Gasteiger partial charge in [0.2, 0.25) is 0 Å². The van der Waals surface area contributed by atoms with Gasteiger partial charge in [-0.3, -0.25) is 9.71 Å². The zero-order valence-electron chi connectivity index (χ0n) is 11.5. The summed E-state index contributed by atoms with van der Waals surface area (Å²) in [7, 11) is -1.43. The predicted octanol–water partition coefficient (Wildman–Crippen LogP) is 1.26. The van der Waals surface area contributed by atoms with Crippen LogP contribution in [0.2, 0.25) is 0 Å². The van der Waals surface area contributed by atoms with Gasteiger partial charge in [-0.2, -0.15) is 0 Å². The normalized spacial score (nSPS) is 29.9. The third kappa shape index (κ3) is 2.45. The Labute approximate surface area is 119 Å². The third-order valence-corrected chi connectivity index (χ3v) is 5.48. The van der Waals surface area contributed by atoms with Gasteiger partial charge in [-0.15, -0.1) is 0 Å². The van der Waals surface area contributed by atoms with Crippen LogP contribution in [0.25, 0.3) is 0 Å². The molecule has 1 fully saturated rings. The molecule has 108 valence electrons. The van der Waals surface area contributed by atoms with E-state index in [0.717, 1.165) is 25.7 Å². The molecule has 0 spiro atoms. The molecule has 0 bridgehead atoms. The second-order valence-corrected chi connectivity index (χ2v) is 7.02. The molecule has 0 amide bonds. The van der Waals surface area contributed by atoms with Crippen molar-refractivity contribution in [1.29, 1.82) is 0 Å². The molecule has 3 rings (SSSR count). The zero-order valence-corrected chi connectivity index (χ0v) is 12.3. The quantitative estimate of drug-likeness (QED) is 0.862. The smallest absolute Gasteiger partial charge is 0.263 e. The van der Waals surface area contributed by atoms with Crippen LogP contribution in [0.1, 0.15) is 31.2 Å². The fourth-order valence-corrected chi connectivity index (χ4v) is 4.15. The first kappa shape index (κ1) is 13.6. The van der Waals surface area contributed by atoms with E-state index < -0.39 is 10.0 Å². The van der Waals surface area contributed by atoms with Crippen LogP contribution < -0.4 is 10.0 Å². The average Bonchev–Trinajstić information content (AvgIpc) is 2.72. The molecule has 2 N–H and O–H groups in total. The van der Waals surface area contributed by atoms with Gasteiger partial charge in [0.1, 0.15) is 5.84 Å². The molecule has 20 heavy (non-hydrogen) atoms. The zero-order chi connectivity index (χ0) is 14.2. The molecule has 2 aliphatic rings. The van der Waals surface area contributed by atoms with Crippen LogP contribution in [0.15, 0.2) is 34.2 Å². The molecule has 1 aromatic rings. The second-order valence-electron chi connectivity index (χ2n) is 5.37. The Bertz CT molecular complexity index is 632. The van der Waals surface area contributed by atoms with E-state index in [1.807, 2.05) is 19.2 Å². The van der Waals surface area contributed by atoms with Crippen molar-refractivity contribution >= 4 is 15.9 Å². The Kier molecular flexibility index (Phi) is 3.52. The number of hydrogen-bond donors (Lipinski definition) is 2. The molecule has 0 atom stereocenters. The van der Waals surface area contributed by atoms with Gasteiger partial charge in [-0.05, 0) is 44.9 Å². The molecule has 0 radical (unpaired) electrons. The number of hydrogen-bond acceptors (Lipinski definition) is 4. The summed E-state index contributed by atoms with van der Waals surface area (Å²) < 4.78 is 26.6. The Hall–Kier alpha value is -1.40. The minimum absolute atomic E-state index is 0.212. The SMILES string of the molecule is CNC1CCC(N=C2NS(=O)(=O)c3ccccc32)CC1. The average molecular weight is 293 g/mol. The van der Waals surface area contributed by atoms with Crippen molar-refractivity contribution in [3.05, 3.63) is 29.8 Å². The van der Waals surface area contributed by atoms with Gasteiger partial charge in [0.15, 0.2) is 0 Å². The van der Waals surface area contributed by atoms with Crippen molar-refractivity contribution in [2.75, 3.05) is 7.05 Å². The van der Waals surface area contributed by atoms with Crippen LogP contribution in [-0.4, -0.2) is 33.4 Å². The van der Waals surface area contributed by atoms with E-state index in [-0.39, 0.29) is 6.04 Å². The van der Waals surface area contributed by atoms with Gasteiger partial charge in [-0.25, -0.2) is 8.42 Å². The van der Waals surface area contributed by atoms with E-state index >= 15 is 0 Å². The van der Waals surface area contributed by atoms with Gasteiger partial charge < -0.3 is 5.32 Å². The highest BCUT2D eigenvalue weighted by molar-refractivity contribution is 7.90. The fraction of sp³-hybridized carbons (Fsp3) is 0.500. The summed E-state index contributed by atoms with van der Waals surface area (Å²) in [5, 5.41) is 3.29. The van der Waals surface area contributed by atoms with E-state index in [4.69, 9.17) is 0 Å². The lowest BCUT2D eigenvalue weighted by Crippen LogP contribution is -2.32. The van der Waals surface area contributed by atoms with Crippen LogP contribution >= 0.6 is 0 Å². The van der Waals surface area contributed by atoms with E-state index in [0.29, 0.717) is 22.3 Å². The van der Waals surface area contributed by atoms with Crippen molar-refractivity contribution in [3.63, 3.8) is 0 Å². The van der Waals surface area contributed by atoms with Gasteiger partial charge in [-0.1, -0.05) is 12.1 Å². The Morgan fingerprint density at radius 1 is 1.20 bits per heavy atom. The van der Waals surface area contributed by atoms with E-state index in [2.05, 4.69) is 15.0 Å². The largest absolute Gasteiger partial charge is 0.317 e. The molecule has 1 aromatic carbocycles. The molecular formula is C14H19N3O2S. The maximum atomic E-state index is 12.0. The molecule has 6 heteroatoms. The van der Waals surface area contributed by atoms with Gasteiger partial charge in [0.25, 0.3) is 10.0 Å². The van der Waals surface area contributed by atoms with Crippen LogP contribution in [0.3, 0.4) is 0 Å². The number of fused-ring (bicyclic) bond motifs is 1. The van der Waals surface area contributed by atoms with Crippen molar-refractivity contribution < 1.29 is 8.42 Å². The molecule has 0 saturated heterocycles. The summed E-state index contributed by atoms with van der Waals surface area (Å²) in [6.07, 6.45) is 4.18. The van der Waals surface area contributed by atoms with Gasteiger partial charge in [0, 0.05) is 11.6 Å². The van der Waals surface area contributed by atoms with Crippen molar-refractivity contribution in [3.8, 4) is 0 Å². The van der Waals surface area contributed by atoms with E-state index in [1.165, 1.54) is 0 Å². The molecular weight excluding hydrogens is 274 g/mol. The lowest BCUT2D eigenvalue weighted by Gasteiger charge is -2.26. The second kappa shape index (κ2) is 5.18. The van der Waals surface area contributed by atoms with Crippen molar-refractivity contribution in [2.45, 2.75) is 42.7 Å². The summed E-state index contributed by atoms with van der Waals surface area (Å²) in [6.45, 7) is 0. The Morgan fingerprint density at radius 3 is 2.60 bits per heavy atom. The topological polar surface area (TPSA) is 70.6 Å². The first-order valence-electron chi connectivity index (χ1n) is 6.97. The molecule has 1 aliphatic heterocycles. The van der Waals surface area contributed by atoms with Gasteiger partial charge >= 0.3 is 0 Å². The first-order valence-corrected chi connectivity index (χ1v) is 8.46. The number of benzene rings is 1. The number of nitrogens with zero attached hydrogens (tertiary/aromatic N) is 1. The summed E-state index contributed by atoms with van der Waals surface area (Å²) >= 11 is 0. The van der Waals surface area contributed by atoms with Gasteiger partial charge in [0.05, 0.1) is 10.9 Å². The standard InChI is InChI=1S/C14H19N3O2S/c1-15-10-6-8-11(9-7-10)16-14-12-4-2-3-5-13(12)20(18,19)17-14/h2-5,10-11,15H,6-9H2,1H3,(H,16,17). The number of rotatable bonds is 2. The summed E-state index contributed by atoms with van der Waals surface area (Å²) in [4.78, 5) is 4.98. The molecule has 1 aliphatic carbocycles. The Morgan fingerprint density at radius 2 is 1.90 bits per heavy atom. The summed E-state index contributed by atoms with van der Waals surface area (Å²) in [6, 6.07) is 7.79. The predicted molar refractivity (Wildman–Crippen MR) is 78.4 cm³/mol. The molecule has 1 saturated carbocycles. The lowest BCUT2D eigenvalue weighted by atomic mass is 9.91. The van der Waals surface area contributed by atoms with Crippen molar-refractivity contribution in [2.24, 2.45) is 4.99 Å². The lowest BCUT2D eigenvalue weighted by molar-refractivity contribution is 0.360. The minimum atomic E-state index is -3.41. The maximum Gasteiger partial charge on any atom is 0.263 e. The van der Waals surface area contributed by atoms with E-state index in [9.17, 15) is 8.42 Å². The summed E-state index contributed by atoms with van der Waals surface area (Å²) in [5.74, 6) is 0.508. The molecule has 0 unspecified atom stereocenters. The highest BCUT2D eigenvalue weighted by Gasteiger charge is 2.31. The molecule has 1 heterocycles. The van der Waals surface area contributed by atoms with Crippen LogP contribution in [0.4, 0.5) is 0 Å². The fourth-order valence-electron chi connectivity index (χ4n) is 2.91. The van der Waals surface area contributed by atoms with Crippen LogP contribution in [0, 0.1) is 0 Å². The van der Waals surface area contributed by atoms with Crippen LogP contribution in [0.5, 0.6) is 0 Å². The highest BCUT2D eigenvalue weighted by atomic mass is 32.2. The highest BCUT2D eigenvalue weighted by Crippen LogP contribution is 2.26. The first-order chi connectivity index (χ1) is 9.60. The monoisotopic (exact) mass is 293 g/mol. The third-order valence-electron chi connectivity index (χ3n) is 4.08. The van der Waals surface area contributed by atoms with E-state index in [1.54, 1.807) is 12.1 Å². The summed E-state index contributed by atoms with van der Waals surface area (Å²) in [5.41, 5.74) is 0.697. The Balaban J connectivity index is 1.84. The number of amidine groups is 1. The molecule has 5 nitrogen and oxygen atoms in total. The van der Waals surface area contributed by atoms with Crippen molar-refractivity contribution in [1.82, 2.24) is 10.0 Å². The number of nitrogens with one attached hydrogen (secondary N) is 2. The number of sulfonamides is 1. The molecule has 0 aromatic heterocycles. The minimum Gasteiger partial charge on any atom is -0.317 e. The number of aliphatic imine (C=N–C) groups is 1. The van der Waals surface area contributed by atoms with Crippen LogP contribution in [-0.2, 0) is 10.0 Å². The maximum absolute atomic E-state index is 12.0.